The molecule has 0 aromatic heterocycles. The molecule has 0 spiro atoms. The lowest BCUT2D eigenvalue weighted by Crippen LogP contribution is -2.39. The summed E-state index contributed by atoms with van der Waals surface area (Å²) in [6, 6.07) is 2.07. The highest BCUT2D eigenvalue weighted by Crippen LogP contribution is 2.00. The molecule has 0 saturated carbocycles. The summed E-state index contributed by atoms with van der Waals surface area (Å²) in [5, 5.41) is 8.41. The Bertz CT molecular complexity index is 130. The SMILES string of the molecule is CN1CCOC(C#N)C1. The molecule has 1 rings (SSSR count). The Morgan fingerprint density at radius 2 is 2.56 bits per heavy atom. The Labute approximate surface area is 54.8 Å². The summed E-state index contributed by atoms with van der Waals surface area (Å²) in [5.74, 6) is 0. The van der Waals surface area contributed by atoms with Crippen molar-refractivity contribution in [3.8, 4) is 6.07 Å². The zero-order valence-corrected chi connectivity index (χ0v) is 5.50. The number of nitrogens with zero attached hydrogens (tertiary/aromatic N) is 2. The molecule has 3 nitrogen and oxygen atoms in total. The number of hydrogen-bond donors (Lipinski definition) is 0. The molecular formula is C6H10N2O. The molecular weight excluding hydrogens is 116 g/mol. The number of nitriles is 1. The molecule has 1 heterocycles. The van der Waals surface area contributed by atoms with Crippen LogP contribution in [0, 0.1) is 11.3 Å². The predicted octanol–water partition coefficient (Wildman–Crippen LogP) is -0.159. The summed E-state index contributed by atoms with van der Waals surface area (Å²) >= 11 is 0. The second-order valence-electron chi connectivity index (χ2n) is 2.25. The second-order valence-corrected chi connectivity index (χ2v) is 2.25. The minimum Gasteiger partial charge on any atom is -0.361 e. The van der Waals surface area contributed by atoms with E-state index >= 15 is 0 Å². The first-order chi connectivity index (χ1) is 4.33. The Kier molecular flexibility index (Phi) is 2.04. The van der Waals surface area contributed by atoms with Crippen molar-refractivity contribution in [2.75, 3.05) is 26.7 Å². The molecule has 0 N–H and O–H groups in total. The molecule has 1 fully saturated rings. The fourth-order valence-electron chi connectivity index (χ4n) is 0.856. The first-order valence-electron chi connectivity index (χ1n) is 3.02. The lowest BCUT2D eigenvalue weighted by Gasteiger charge is -2.25. The summed E-state index contributed by atoms with van der Waals surface area (Å²) in [7, 11) is 1.99. The van der Waals surface area contributed by atoms with Gasteiger partial charge in [-0.15, -0.1) is 0 Å². The van der Waals surface area contributed by atoms with Gasteiger partial charge in [-0.2, -0.15) is 5.26 Å². The Balaban J connectivity index is 2.34. The van der Waals surface area contributed by atoms with E-state index in [1.165, 1.54) is 0 Å². The highest BCUT2D eigenvalue weighted by atomic mass is 16.5. The Morgan fingerprint density at radius 1 is 1.78 bits per heavy atom. The van der Waals surface area contributed by atoms with Crippen molar-refractivity contribution >= 4 is 0 Å². The summed E-state index contributed by atoms with van der Waals surface area (Å²) in [5.41, 5.74) is 0. The van der Waals surface area contributed by atoms with Gasteiger partial charge in [-0.1, -0.05) is 0 Å². The Morgan fingerprint density at radius 3 is 3.00 bits per heavy atom. The molecule has 0 aromatic rings. The lowest BCUT2D eigenvalue weighted by atomic mass is 10.3. The van der Waals surface area contributed by atoms with Crippen LogP contribution in [0.25, 0.3) is 0 Å². The van der Waals surface area contributed by atoms with Crippen LogP contribution in [0.2, 0.25) is 0 Å². The normalized spacial score (nSPS) is 29.6. The van der Waals surface area contributed by atoms with Crippen LogP contribution < -0.4 is 0 Å². The van der Waals surface area contributed by atoms with E-state index in [1.54, 1.807) is 0 Å². The predicted molar refractivity (Wildman–Crippen MR) is 32.8 cm³/mol. The van der Waals surface area contributed by atoms with Gasteiger partial charge in [-0.3, -0.25) is 0 Å². The molecule has 1 aliphatic heterocycles. The van der Waals surface area contributed by atoms with E-state index in [-0.39, 0.29) is 6.10 Å². The van der Waals surface area contributed by atoms with Crippen LogP contribution in [-0.4, -0.2) is 37.7 Å². The van der Waals surface area contributed by atoms with Gasteiger partial charge in [0.15, 0.2) is 6.10 Å². The van der Waals surface area contributed by atoms with Crippen LogP contribution in [0.3, 0.4) is 0 Å². The van der Waals surface area contributed by atoms with Crippen molar-refractivity contribution in [3.63, 3.8) is 0 Å². The molecule has 1 atom stereocenters. The van der Waals surface area contributed by atoms with Crippen LogP contribution in [-0.2, 0) is 4.74 Å². The van der Waals surface area contributed by atoms with Crippen molar-refractivity contribution in [1.29, 1.82) is 5.26 Å². The maximum atomic E-state index is 8.41. The maximum absolute atomic E-state index is 8.41. The largest absolute Gasteiger partial charge is 0.361 e. The molecule has 3 heteroatoms. The molecule has 0 aromatic carbocycles. The minimum atomic E-state index is -0.205. The molecule has 9 heavy (non-hydrogen) atoms. The fourth-order valence-corrected chi connectivity index (χ4v) is 0.856. The van der Waals surface area contributed by atoms with Crippen molar-refractivity contribution in [2.24, 2.45) is 0 Å². The quantitative estimate of drug-likeness (QED) is 0.452. The maximum Gasteiger partial charge on any atom is 0.156 e. The van der Waals surface area contributed by atoms with Gasteiger partial charge in [-0.05, 0) is 7.05 Å². The monoisotopic (exact) mass is 126 g/mol. The van der Waals surface area contributed by atoms with Gasteiger partial charge in [0.25, 0.3) is 0 Å². The van der Waals surface area contributed by atoms with Crippen molar-refractivity contribution in [1.82, 2.24) is 4.90 Å². The molecule has 0 bridgehead atoms. The Hall–Kier alpha value is -0.590. The second kappa shape index (κ2) is 2.81. The van der Waals surface area contributed by atoms with Crippen LogP contribution in [0.4, 0.5) is 0 Å². The smallest absolute Gasteiger partial charge is 0.156 e. The zero-order valence-electron chi connectivity index (χ0n) is 5.50. The van der Waals surface area contributed by atoms with Gasteiger partial charge in [0.05, 0.1) is 12.7 Å². The van der Waals surface area contributed by atoms with Crippen LogP contribution >= 0.6 is 0 Å². The average Bonchev–Trinajstić information content (AvgIpc) is 1.88. The highest BCUT2D eigenvalue weighted by Gasteiger charge is 2.15. The number of hydrogen-bond acceptors (Lipinski definition) is 3. The van der Waals surface area contributed by atoms with E-state index in [9.17, 15) is 0 Å². The summed E-state index contributed by atoms with van der Waals surface area (Å²) in [6.07, 6.45) is -0.205. The van der Waals surface area contributed by atoms with Crippen LogP contribution in [0.15, 0.2) is 0 Å². The molecule has 50 valence electrons. The van der Waals surface area contributed by atoms with Gasteiger partial charge in [-0.25, -0.2) is 0 Å². The van der Waals surface area contributed by atoms with E-state index < -0.39 is 0 Å². The number of likely N-dealkylation sites (N-methyl/N-ethyl adjacent to an activating group) is 1. The number of ether oxygens (including phenoxy) is 1. The van der Waals surface area contributed by atoms with E-state index in [0.717, 1.165) is 13.1 Å². The first-order valence-corrected chi connectivity index (χ1v) is 3.02. The number of rotatable bonds is 0. The molecule has 0 radical (unpaired) electrons. The van der Waals surface area contributed by atoms with E-state index in [0.29, 0.717) is 6.61 Å². The van der Waals surface area contributed by atoms with E-state index in [2.05, 4.69) is 11.0 Å². The van der Waals surface area contributed by atoms with Crippen LogP contribution in [0.1, 0.15) is 0 Å². The fraction of sp³-hybridized carbons (Fsp3) is 0.833. The third-order valence-electron chi connectivity index (χ3n) is 1.41. The van der Waals surface area contributed by atoms with Crippen molar-refractivity contribution in [3.05, 3.63) is 0 Å². The highest BCUT2D eigenvalue weighted by molar-refractivity contribution is 4.88. The van der Waals surface area contributed by atoms with Crippen molar-refractivity contribution < 1.29 is 4.74 Å². The summed E-state index contributed by atoms with van der Waals surface area (Å²) in [6.45, 7) is 2.38. The zero-order chi connectivity index (χ0) is 6.69. The first kappa shape index (κ1) is 6.53. The molecule has 1 unspecified atom stereocenters. The standard InChI is InChI=1S/C6H10N2O/c1-8-2-3-9-6(4-7)5-8/h6H,2-3,5H2,1H3. The summed E-state index contributed by atoms with van der Waals surface area (Å²) < 4.78 is 5.09. The number of morpholine rings is 1. The lowest BCUT2D eigenvalue weighted by molar-refractivity contribution is 0.0110. The third-order valence-corrected chi connectivity index (χ3v) is 1.41. The summed E-state index contributed by atoms with van der Waals surface area (Å²) in [4.78, 5) is 2.09. The third kappa shape index (κ3) is 1.67. The van der Waals surface area contributed by atoms with Gasteiger partial charge in [0.1, 0.15) is 0 Å². The van der Waals surface area contributed by atoms with Gasteiger partial charge < -0.3 is 9.64 Å². The molecule has 0 amide bonds. The van der Waals surface area contributed by atoms with Gasteiger partial charge in [0, 0.05) is 13.1 Å². The minimum absolute atomic E-state index is 0.205. The van der Waals surface area contributed by atoms with Crippen molar-refractivity contribution in [2.45, 2.75) is 6.10 Å². The van der Waals surface area contributed by atoms with Gasteiger partial charge in [0.2, 0.25) is 0 Å². The molecule has 1 saturated heterocycles. The molecule has 0 aliphatic carbocycles. The van der Waals surface area contributed by atoms with E-state index in [4.69, 9.17) is 10.00 Å². The van der Waals surface area contributed by atoms with E-state index in [1.807, 2.05) is 7.05 Å². The van der Waals surface area contributed by atoms with Crippen LogP contribution in [0.5, 0.6) is 0 Å². The topological polar surface area (TPSA) is 36.3 Å². The van der Waals surface area contributed by atoms with Gasteiger partial charge >= 0.3 is 0 Å². The molecule has 1 aliphatic rings. The average molecular weight is 126 g/mol.